The van der Waals surface area contributed by atoms with Crippen LogP contribution in [-0.2, 0) is 20.6 Å². The maximum atomic E-state index is 11.0. The van der Waals surface area contributed by atoms with Gasteiger partial charge in [0.25, 0.3) is 0 Å². The molecule has 0 aromatic rings. The zero-order chi connectivity index (χ0) is 12.6. The monoisotopic (exact) mass is 250 g/mol. The van der Waals surface area contributed by atoms with Gasteiger partial charge in [-0.3, -0.25) is 9.59 Å². The fourth-order valence-electron chi connectivity index (χ4n) is 0.809. The van der Waals surface area contributed by atoms with Crippen molar-refractivity contribution < 1.29 is 24.0 Å². The standard InChI is InChI=1S/C8H14N2O5S/c1-2-16(15)10-6(8(13)14)5-9-4-3-7(11)12/h2,6,9-10H,1,3-5H2,(H,11,12)(H,13,14). The summed E-state index contributed by atoms with van der Waals surface area (Å²) < 4.78 is 13.3. The van der Waals surface area contributed by atoms with Gasteiger partial charge in [-0.1, -0.05) is 6.58 Å². The van der Waals surface area contributed by atoms with Gasteiger partial charge in [0, 0.05) is 18.5 Å². The molecule has 0 spiro atoms. The Morgan fingerprint density at radius 3 is 2.50 bits per heavy atom. The zero-order valence-electron chi connectivity index (χ0n) is 8.51. The second-order valence-corrected chi connectivity index (χ2v) is 3.98. The van der Waals surface area contributed by atoms with Crippen molar-refractivity contribution >= 4 is 22.9 Å². The number of carboxylic acid groups (broad SMARTS) is 2. The van der Waals surface area contributed by atoms with Crippen LogP contribution in [0.4, 0.5) is 0 Å². The molecule has 0 heterocycles. The van der Waals surface area contributed by atoms with E-state index in [1.807, 2.05) is 0 Å². The van der Waals surface area contributed by atoms with Crippen molar-refractivity contribution in [3.63, 3.8) is 0 Å². The first-order valence-corrected chi connectivity index (χ1v) is 5.63. The molecule has 92 valence electrons. The molecule has 0 rings (SSSR count). The molecule has 0 amide bonds. The van der Waals surface area contributed by atoms with Gasteiger partial charge in [0.15, 0.2) is 0 Å². The van der Waals surface area contributed by atoms with Crippen LogP contribution >= 0.6 is 0 Å². The highest BCUT2D eigenvalue weighted by molar-refractivity contribution is 7.86. The van der Waals surface area contributed by atoms with Crippen LogP contribution in [0.3, 0.4) is 0 Å². The summed E-state index contributed by atoms with van der Waals surface area (Å²) in [5.41, 5.74) is 0. The number of nitrogens with one attached hydrogen (secondary N) is 2. The summed E-state index contributed by atoms with van der Waals surface area (Å²) in [4.78, 5) is 20.9. The smallest absolute Gasteiger partial charge is 0.322 e. The minimum absolute atomic E-state index is 0.0117. The van der Waals surface area contributed by atoms with Crippen LogP contribution in [0, 0.1) is 0 Å². The van der Waals surface area contributed by atoms with E-state index in [-0.39, 0.29) is 19.5 Å². The van der Waals surface area contributed by atoms with Crippen molar-refractivity contribution in [2.75, 3.05) is 13.1 Å². The molecule has 0 aromatic heterocycles. The van der Waals surface area contributed by atoms with Gasteiger partial charge in [-0.15, -0.1) is 0 Å². The molecule has 7 nitrogen and oxygen atoms in total. The summed E-state index contributed by atoms with van der Waals surface area (Å²) in [7, 11) is -1.62. The third-order valence-corrected chi connectivity index (χ3v) is 2.39. The molecule has 0 aliphatic carbocycles. The Labute approximate surface area is 95.1 Å². The molecule has 0 aromatic carbocycles. The van der Waals surface area contributed by atoms with Gasteiger partial charge in [-0.25, -0.2) is 8.93 Å². The van der Waals surface area contributed by atoms with Gasteiger partial charge >= 0.3 is 11.9 Å². The van der Waals surface area contributed by atoms with E-state index in [2.05, 4.69) is 16.6 Å². The summed E-state index contributed by atoms with van der Waals surface area (Å²) in [6.45, 7) is 3.38. The average Bonchev–Trinajstić information content (AvgIpc) is 2.21. The summed E-state index contributed by atoms with van der Waals surface area (Å²) in [5.74, 6) is -2.14. The molecule has 8 heteroatoms. The molecule has 0 fully saturated rings. The van der Waals surface area contributed by atoms with Crippen LogP contribution in [0.1, 0.15) is 6.42 Å². The van der Waals surface area contributed by atoms with Crippen LogP contribution < -0.4 is 10.0 Å². The predicted molar refractivity (Wildman–Crippen MR) is 58.0 cm³/mol. The molecule has 0 bridgehead atoms. The lowest BCUT2D eigenvalue weighted by Gasteiger charge is -2.12. The fraction of sp³-hybridized carbons (Fsp3) is 0.500. The van der Waals surface area contributed by atoms with Crippen LogP contribution in [0.25, 0.3) is 0 Å². The highest BCUT2D eigenvalue weighted by Crippen LogP contribution is 1.87. The summed E-state index contributed by atoms with van der Waals surface area (Å²) in [6, 6.07) is -1.05. The SMILES string of the molecule is C=CS(=O)NC(CNCCC(=O)O)C(=O)O. The van der Waals surface area contributed by atoms with E-state index >= 15 is 0 Å². The molecule has 2 atom stereocenters. The lowest BCUT2D eigenvalue weighted by molar-refractivity contribution is -0.138. The molecule has 0 saturated carbocycles. The quantitative estimate of drug-likeness (QED) is 0.386. The minimum Gasteiger partial charge on any atom is -0.481 e. The van der Waals surface area contributed by atoms with E-state index in [4.69, 9.17) is 10.2 Å². The minimum atomic E-state index is -1.62. The molecular weight excluding hydrogens is 236 g/mol. The van der Waals surface area contributed by atoms with Crippen molar-refractivity contribution in [1.29, 1.82) is 0 Å². The van der Waals surface area contributed by atoms with Gasteiger partial charge < -0.3 is 15.5 Å². The van der Waals surface area contributed by atoms with E-state index in [1.165, 1.54) is 0 Å². The normalized spacial score (nSPS) is 14.0. The van der Waals surface area contributed by atoms with Crippen molar-refractivity contribution in [3.8, 4) is 0 Å². The first-order chi connectivity index (χ1) is 7.47. The van der Waals surface area contributed by atoms with Crippen molar-refractivity contribution in [1.82, 2.24) is 10.0 Å². The number of carboxylic acids is 2. The Hall–Kier alpha value is -1.25. The highest BCUT2D eigenvalue weighted by Gasteiger charge is 2.17. The lowest BCUT2D eigenvalue weighted by atomic mass is 10.3. The second-order valence-electron chi connectivity index (χ2n) is 2.82. The number of carbonyl (C=O) groups is 2. The summed E-state index contributed by atoms with van der Waals surface area (Å²) >= 11 is 0. The molecule has 16 heavy (non-hydrogen) atoms. The van der Waals surface area contributed by atoms with Crippen molar-refractivity contribution in [2.45, 2.75) is 12.5 Å². The number of aliphatic carboxylic acids is 2. The summed E-state index contributed by atoms with van der Waals surface area (Å²) in [5, 5.41) is 20.8. The predicted octanol–water partition coefficient (Wildman–Crippen LogP) is -1.10. The van der Waals surface area contributed by atoms with Crippen LogP contribution in [0.5, 0.6) is 0 Å². The zero-order valence-corrected chi connectivity index (χ0v) is 9.33. The number of rotatable bonds is 9. The third-order valence-electron chi connectivity index (χ3n) is 1.57. The lowest BCUT2D eigenvalue weighted by Crippen LogP contribution is -2.45. The second kappa shape index (κ2) is 7.97. The maximum Gasteiger partial charge on any atom is 0.322 e. The first-order valence-electron chi connectivity index (χ1n) is 4.42. The van der Waals surface area contributed by atoms with E-state index < -0.39 is 29.0 Å². The van der Waals surface area contributed by atoms with Crippen molar-refractivity contribution in [3.05, 3.63) is 12.0 Å². The van der Waals surface area contributed by atoms with E-state index in [0.29, 0.717) is 0 Å². The largest absolute Gasteiger partial charge is 0.481 e. The Kier molecular flexibility index (Phi) is 7.34. The Morgan fingerprint density at radius 2 is 2.06 bits per heavy atom. The summed E-state index contributed by atoms with van der Waals surface area (Å²) in [6.07, 6.45) is -0.100. The van der Waals surface area contributed by atoms with Crippen LogP contribution in [0.2, 0.25) is 0 Å². The average molecular weight is 250 g/mol. The van der Waals surface area contributed by atoms with Gasteiger partial charge in [-0.2, -0.15) is 0 Å². The molecule has 0 aliphatic heterocycles. The van der Waals surface area contributed by atoms with E-state index in [0.717, 1.165) is 5.41 Å². The topological polar surface area (TPSA) is 116 Å². The molecule has 0 aliphatic rings. The van der Waals surface area contributed by atoms with Gasteiger partial charge in [-0.05, 0) is 0 Å². The molecule has 2 unspecified atom stereocenters. The fourth-order valence-corrected chi connectivity index (χ4v) is 1.37. The molecular formula is C8H14N2O5S. The Bertz CT molecular complexity index is 294. The van der Waals surface area contributed by atoms with Gasteiger partial charge in [0.05, 0.1) is 6.42 Å². The van der Waals surface area contributed by atoms with Crippen molar-refractivity contribution in [2.24, 2.45) is 0 Å². The molecule has 0 radical (unpaired) electrons. The van der Waals surface area contributed by atoms with Gasteiger partial charge in [0.1, 0.15) is 17.0 Å². The molecule has 4 N–H and O–H groups in total. The van der Waals surface area contributed by atoms with Gasteiger partial charge in [0.2, 0.25) is 0 Å². The van der Waals surface area contributed by atoms with Crippen LogP contribution in [0.15, 0.2) is 12.0 Å². The Balaban J connectivity index is 3.95. The molecule has 0 saturated heterocycles. The number of hydrogen-bond acceptors (Lipinski definition) is 4. The number of hydrogen-bond donors (Lipinski definition) is 4. The van der Waals surface area contributed by atoms with E-state index in [9.17, 15) is 13.8 Å². The van der Waals surface area contributed by atoms with E-state index in [1.54, 1.807) is 0 Å². The third kappa shape index (κ3) is 7.10. The first kappa shape index (κ1) is 14.8. The van der Waals surface area contributed by atoms with Crippen LogP contribution in [-0.4, -0.2) is 45.5 Å². The Morgan fingerprint density at radius 1 is 1.44 bits per heavy atom. The highest BCUT2D eigenvalue weighted by atomic mass is 32.2. The maximum absolute atomic E-state index is 11.0.